The van der Waals surface area contributed by atoms with E-state index in [4.69, 9.17) is 14.2 Å². The van der Waals surface area contributed by atoms with E-state index in [2.05, 4.69) is 15.6 Å². The lowest BCUT2D eigenvalue weighted by Crippen LogP contribution is -2.39. The molecule has 0 aromatic heterocycles. The van der Waals surface area contributed by atoms with Gasteiger partial charge in [-0.05, 0) is 25.5 Å². The van der Waals surface area contributed by atoms with E-state index in [1.807, 2.05) is 13.0 Å². The molecule has 0 unspecified atom stereocenters. The fourth-order valence-electron chi connectivity index (χ4n) is 2.08. The Morgan fingerprint density at radius 3 is 2.59 bits per heavy atom. The molecule has 0 heterocycles. The Balaban J connectivity index is 2.66. The normalized spacial score (nSPS) is 12.1. The third-order valence-electron chi connectivity index (χ3n) is 3.34. The zero-order valence-corrected chi connectivity index (χ0v) is 16.0. The van der Waals surface area contributed by atoms with Crippen LogP contribution >= 0.6 is 0 Å². The predicted molar refractivity (Wildman–Crippen MR) is 98.2 cm³/mol. The van der Waals surface area contributed by atoms with Crippen LogP contribution in [-0.4, -0.2) is 58.8 Å². The molecule has 154 valence electrons. The van der Waals surface area contributed by atoms with Crippen molar-refractivity contribution in [2.45, 2.75) is 26.6 Å². The van der Waals surface area contributed by atoms with Gasteiger partial charge in [0.15, 0.2) is 12.6 Å². The van der Waals surface area contributed by atoms with E-state index in [0.29, 0.717) is 44.4 Å². The van der Waals surface area contributed by atoms with Gasteiger partial charge in [0.1, 0.15) is 5.75 Å². The van der Waals surface area contributed by atoms with Crippen LogP contribution in [0.1, 0.15) is 18.1 Å². The van der Waals surface area contributed by atoms with Crippen LogP contribution in [0, 0.1) is 6.92 Å². The maximum atomic E-state index is 12.4. The van der Waals surface area contributed by atoms with Crippen LogP contribution in [0.3, 0.4) is 0 Å². The smallest absolute Gasteiger partial charge is 0.422 e. The average molecular weight is 391 g/mol. The molecule has 27 heavy (non-hydrogen) atoms. The number of guanidine groups is 1. The first-order chi connectivity index (χ1) is 12.9. The summed E-state index contributed by atoms with van der Waals surface area (Å²) in [4.78, 5) is 4.41. The molecule has 1 rings (SSSR count). The summed E-state index contributed by atoms with van der Waals surface area (Å²) in [7, 11) is 1.61. The van der Waals surface area contributed by atoms with Crippen molar-refractivity contribution in [3.05, 3.63) is 29.3 Å². The van der Waals surface area contributed by atoms with E-state index in [-0.39, 0.29) is 12.3 Å². The van der Waals surface area contributed by atoms with Crippen molar-refractivity contribution >= 4 is 5.96 Å². The second kappa shape index (κ2) is 12.4. The Morgan fingerprint density at radius 1 is 1.15 bits per heavy atom. The minimum atomic E-state index is -4.39. The molecule has 1 aromatic carbocycles. The molecule has 0 bridgehead atoms. The van der Waals surface area contributed by atoms with E-state index in [0.717, 1.165) is 5.56 Å². The van der Waals surface area contributed by atoms with Crippen molar-refractivity contribution < 1.29 is 27.4 Å². The van der Waals surface area contributed by atoms with E-state index in [9.17, 15) is 13.2 Å². The van der Waals surface area contributed by atoms with E-state index < -0.39 is 12.8 Å². The monoisotopic (exact) mass is 391 g/mol. The summed E-state index contributed by atoms with van der Waals surface area (Å²) >= 11 is 0. The number of nitrogens with zero attached hydrogens (tertiary/aromatic N) is 1. The Hall–Kier alpha value is -2.00. The minimum absolute atomic E-state index is 0.188. The Bertz CT molecular complexity index is 581. The van der Waals surface area contributed by atoms with Crippen LogP contribution < -0.4 is 15.4 Å². The van der Waals surface area contributed by atoms with Crippen LogP contribution in [0.25, 0.3) is 0 Å². The predicted octanol–water partition coefficient (Wildman–Crippen LogP) is 2.65. The first-order valence-electron chi connectivity index (χ1n) is 8.73. The standard InChI is InChI=1S/C18H28F3N3O3/c1-4-22-17(23-7-8-26-10-9-25-3)24-12-15-6-5-14(2)11-16(15)27-13-18(19,20)21/h5-6,11H,4,7-10,12-13H2,1-3H3,(H2,22,23,24). The topological polar surface area (TPSA) is 64.1 Å². The maximum absolute atomic E-state index is 12.4. The van der Waals surface area contributed by atoms with Gasteiger partial charge in [-0.2, -0.15) is 13.2 Å². The van der Waals surface area contributed by atoms with Gasteiger partial charge < -0.3 is 24.8 Å². The summed E-state index contributed by atoms with van der Waals surface area (Å²) in [6, 6.07) is 5.12. The highest BCUT2D eigenvalue weighted by Gasteiger charge is 2.28. The fraction of sp³-hybridized carbons (Fsp3) is 0.611. The lowest BCUT2D eigenvalue weighted by molar-refractivity contribution is -0.153. The zero-order valence-electron chi connectivity index (χ0n) is 16.0. The van der Waals surface area contributed by atoms with Gasteiger partial charge >= 0.3 is 6.18 Å². The summed E-state index contributed by atoms with van der Waals surface area (Å²) in [5.41, 5.74) is 1.40. The Labute approximate surface area is 158 Å². The quantitative estimate of drug-likeness (QED) is 0.345. The lowest BCUT2D eigenvalue weighted by atomic mass is 10.1. The largest absolute Gasteiger partial charge is 0.484 e. The highest BCUT2D eigenvalue weighted by molar-refractivity contribution is 5.79. The van der Waals surface area contributed by atoms with Crippen molar-refractivity contribution in [2.75, 3.05) is 46.6 Å². The molecule has 0 radical (unpaired) electrons. The second-order valence-corrected chi connectivity index (χ2v) is 5.74. The number of halogens is 3. The number of aryl methyl sites for hydroxylation is 1. The number of methoxy groups -OCH3 is 1. The second-order valence-electron chi connectivity index (χ2n) is 5.74. The molecule has 2 N–H and O–H groups in total. The number of hydrogen-bond donors (Lipinski definition) is 2. The van der Waals surface area contributed by atoms with Gasteiger partial charge in [0.05, 0.1) is 26.4 Å². The Kier molecular flexibility index (Phi) is 10.6. The highest BCUT2D eigenvalue weighted by atomic mass is 19.4. The fourth-order valence-corrected chi connectivity index (χ4v) is 2.08. The van der Waals surface area contributed by atoms with Crippen molar-refractivity contribution in [3.63, 3.8) is 0 Å². The van der Waals surface area contributed by atoms with Crippen molar-refractivity contribution in [3.8, 4) is 5.75 Å². The summed E-state index contributed by atoms with van der Waals surface area (Å²) < 4.78 is 52.5. The third-order valence-corrected chi connectivity index (χ3v) is 3.34. The lowest BCUT2D eigenvalue weighted by Gasteiger charge is -2.14. The molecule has 0 aliphatic carbocycles. The SMILES string of the molecule is CCNC(=NCc1ccc(C)cc1OCC(F)(F)F)NCCOCCOC. The zero-order chi connectivity index (χ0) is 20.1. The first kappa shape index (κ1) is 23.0. The first-order valence-corrected chi connectivity index (χ1v) is 8.73. The molecule has 9 heteroatoms. The molecule has 6 nitrogen and oxygen atoms in total. The van der Waals surface area contributed by atoms with Crippen LogP contribution in [0.15, 0.2) is 23.2 Å². The molecule has 0 aliphatic heterocycles. The van der Waals surface area contributed by atoms with Gasteiger partial charge in [0, 0.05) is 25.8 Å². The van der Waals surface area contributed by atoms with E-state index in [1.165, 1.54) is 0 Å². The summed E-state index contributed by atoms with van der Waals surface area (Å²) in [6.45, 7) is 5.30. The molecule has 0 fully saturated rings. The van der Waals surface area contributed by atoms with Gasteiger partial charge in [0.2, 0.25) is 0 Å². The number of nitrogens with one attached hydrogen (secondary N) is 2. The number of aliphatic imine (C=N–C) groups is 1. The van der Waals surface area contributed by atoms with Gasteiger partial charge in [-0.25, -0.2) is 4.99 Å². The summed E-state index contributed by atoms with van der Waals surface area (Å²) in [5.74, 6) is 0.741. The summed E-state index contributed by atoms with van der Waals surface area (Å²) in [6.07, 6.45) is -4.39. The molecule has 0 spiro atoms. The third kappa shape index (κ3) is 10.7. The molecular weight excluding hydrogens is 363 g/mol. The molecule has 1 aromatic rings. The van der Waals surface area contributed by atoms with Crippen molar-refractivity contribution in [2.24, 2.45) is 4.99 Å². The minimum Gasteiger partial charge on any atom is -0.484 e. The van der Waals surface area contributed by atoms with Gasteiger partial charge in [-0.1, -0.05) is 12.1 Å². The highest BCUT2D eigenvalue weighted by Crippen LogP contribution is 2.24. The number of hydrogen-bond acceptors (Lipinski definition) is 4. The number of ether oxygens (including phenoxy) is 3. The van der Waals surface area contributed by atoms with Gasteiger partial charge in [0.25, 0.3) is 0 Å². The molecule has 0 saturated heterocycles. The average Bonchev–Trinajstić information content (AvgIpc) is 2.61. The van der Waals surface area contributed by atoms with Crippen molar-refractivity contribution in [1.82, 2.24) is 10.6 Å². The molecular formula is C18H28F3N3O3. The van der Waals surface area contributed by atoms with Crippen LogP contribution in [-0.2, 0) is 16.0 Å². The van der Waals surface area contributed by atoms with E-state index >= 15 is 0 Å². The van der Waals surface area contributed by atoms with Gasteiger partial charge in [-0.15, -0.1) is 0 Å². The maximum Gasteiger partial charge on any atom is 0.422 e. The van der Waals surface area contributed by atoms with Gasteiger partial charge in [-0.3, -0.25) is 0 Å². The van der Waals surface area contributed by atoms with Crippen molar-refractivity contribution in [1.29, 1.82) is 0 Å². The Morgan fingerprint density at radius 2 is 1.93 bits per heavy atom. The number of alkyl halides is 3. The van der Waals surface area contributed by atoms with E-state index in [1.54, 1.807) is 26.2 Å². The van der Waals surface area contributed by atoms with Crippen LogP contribution in [0.4, 0.5) is 13.2 Å². The molecule has 0 amide bonds. The summed E-state index contributed by atoms with van der Waals surface area (Å²) in [5, 5.41) is 6.19. The molecule has 0 aliphatic rings. The molecule has 0 saturated carbocycles. The molecule has 0 atom stereocenters. The van der Waals surface area contributed by atoms with Crippen LogP contribution in [0.5, 0.6) is 5.75 Å². The van der Waals surface area contributed by atoms with Crippen LogP contribution in [0.2, 0.25) is 0 Å². The number of rotatable bonds is 11. The number of benzene rings is 1.